The Hall–Kier alpha value is -2.14. The van der Waals surface area contributed by atoms with E-state index in [1.54, 1.807) is 6.07 Å². The van der Waals surface area contributed by atoms with Crippen LogP contribution in [0.2, 0.25) is 5.02 Å². The molecule has 21 heavy (non-hydrogen) atoms. The predicted molar refractivity (Wildman–Crippen MR) is 78.3 cm³/mol. The molecule has 0 saturated carbocycles. The third-order valence-electron chi connectivity index (χ3n) is 2.86. The van der Waals surface area contributed by atoms with Crippen molar-refractivity contribution in [2.75, 3.05) is 12.3 Å². The SMILES string of the molecule is Nc1ccc(Cl)c(C(=O)NCCc2cc(F)cc(F)c2)c1. The van der Waals surface area contributed by atoms with Gasteiger partial charge >= 0.3 is 0 Å². The number of carbonyl (C=O) groups is 1. The monoisotopic (exact) mass is 310 g/mol. The molecule has 0 aromatic heterocycles. The number of rotatable bonds is 4. The van der Waals surface area contributed by atoms with Crippen molar-refractivity contribution >= 4 is 23.2 Å². The van der Waals surface area contributed by atoms with Gasteiger partial charge in [0.15, 0.2) is 0 Å². The van der Waals surface area contributed by atoms with Gasteiger partial charge in [0.05, 0.1) is 10.6 Å². The first-order valence-corrected chi connectivity index (χ1v) is 6.61. The zero-order chi connectivity index (χ0) is 15.4. The van der Waals surface area contributed by atoms with Crippen LogP contribution in [-0.4, -0.2) is 12.5 Å². The Morgan fingerprint density at radius 3 is 2.48 bits per heavy atom. The highest BCUT2D eigenvalue weighted by atomic mass is 35.5. The fraction of sp³-hybridized carbons (Fsp3) is 0.133. The van der Waals surface area contributed by atoms with Crippen LogP contribution in [0.4, 0.5) is 14.5 Å². The molecule has 0 spiro atoms. The number of hydrogen-bond acceptors (Lipinski definition) is 2. The average molecular weight is 311 g/mol. The standard InChI is InChI=1S/C15H13ClF2N2O/c16-14-2-1-12(19)8-13(14)15(21)20-4-3-9-5-10(17)7-11(18)6-9/h1-2,5-8H,3-4,19H2,(H,20,21). The summed E-state index contributed by atoms with van der Waals surface area (Å²) in [6.07, 6.45) is 0.306. The molecule has 2 rings (SSSR count). The highest BCUT2D eigenvalue weighted by Gasteiger charge is 2.10. The van der Waals surface area contributed by atoms with E-state index >= 15 is 0 Å². The van der Waals surface area contributed by atoms with Gasteiger partial charge < -0.3 is 11.1 Å². The first-order valence-electron chi connectivity index (χ1n) is 6.24. The van der Waals surface area contributed by atoms with Gasteiger partial charge in [-0.25, -0.2) is 8.78 Å². The molecule has 1 amide bonds. The van der Waals surface area contributed by atoms with Gasteiger partial charge in [-0.2, -0.15) is 0 Å². The first kappa shape index (κ1) is 15.3. The van der Waals surface area contributed by atoms with Gasteiger partial charge in [-0.15, -0.1) is 0 Å². The second-order valence-electron chi connectivity index (χ2n) is 4.52. The minimum Gasteiger partial charge on any atom is -0.399 e. The molecule has 0 saturated heterocycles. The van der Waals surface area contributed by atoms with Crippen molar-refractivity contribution in [1.29, 1.82) is 0 Å². The van der Waals surface area contributed by atoms with Crippen molar-refractivity contribution in [3.63, 3.8) is 0 Å². The molecule has 2 aromatic carbocycles. The molecule has 2 aromatic rings. The summed E-state index contributed by atoms with van der Waals surface area (Å²) < 4.78 is 26.0. The summed E-state index contributed by atoms with van der Waals surface area (Å²) in [6, 6.07) is 7.85. The largest absolute Gasteiger partial charge is 0.399 e. The van der Waals surface area contributed by atoms with Crippen molar-refractivity contribution in [3.05, 3.63) is 64.2 Å². The van der Waals surface area contributed by atoms with E-state index in [9.17, 15) is 13.6 Å². The lowest BCUT2D eigenvalue weighted by atomic mass is 10.1. The van der Waals surface area contributed by atoms with Crippen LogP contribution in [0.1, 0.15) is 15.9 Å². The van der Waals surface area contributed by atoms with Crippen molar-refractivity contribution in [3.8, 4) is 0 Å². The van der Waals surface area contributed by atoms with Crippen LogP contribution in [0.3, 0.4) is 0 Å². The maximum Gasteiger partial charge on any atom is 0.252 e. The summed E-state index contributed by atoms with van der Waals surface area (Å²) in [5.74, 6) is -1.67. The molecule has 0 fully saturated rings. The molecule has 0 radical (unpaired) electrons. The van der Waals surface area contributed by atoms with Crippen LogP contribution < -0.4 is 11.1 Å². The highest BCUT2D eigenvalue weighted by molar-refractivity contribution is 6.34. The minimum atomic E-state index is -0.643. The van der Waals surface area contributed by atoms with Gasteiger partial charge in [0.1, 0.15) is 11.6 Å². The molecule has 0 atom stereocenters. The second kappa shape index (κ2) is 6.54. The topological polar surface area (TPSA) is 55.1 Å². The zero-order valence-electron chi connectivity index (χ0n) is 11.0. The summed E-state index contributed by atoms with van der Waals surface area (Å²) >= 11 is 5.91. The first-order chi connectivity index (χ1) is 9.95. The summed E-state index contributed by atoms with van der Waals surface area (Å²) in [6.45, 7) is 0.229. The number of benzene rings is 2. The molecule has 0 bridgehead atoms. The number of nitrogen functional groups attached to an aromatic ring is 1. The van der Waals surface area contributed by atoms with Crippen molar-refractivity contribution < 1.29 is 13.6 Å². The number of nitrogens with one attached hydrogen (secondary N) is 1. The summed E-state index contributed by atoms with van der Waals surface area (Å²) in [4.78, 5) is 11.9. The van der Waals surface area contributed by atoms with E-state index in [0.717, 1.165) is 6.07 Å². The molecule has 0 aliphatic carbocycles. The van der Waals surface area contributed by atoms with Crippen LogP contribution in [-0.2, 0) is 6.42 Å². The molecule has 3 nitrogen and oxygen atoms in total. The van der Waals surface area contributed by atoms with Gasteiger partial charge in [-0.3, -0.25) is 4.79 Å². The van der Waals surface area contributed by atoms with Crippen LogP contribution in [0.5, 0.6) is 0 Å². The molecule has 110 valence electrons. The smallest absolute Gasteiger partial charge is 0.252 e. The number of amides is 1. The Morgan fingerprint density at radius 2 is 1.81 bits per heavy atom. The number of carbonyl (C=O) groups excluding carboxylic acids is 1. The second-order valence-corrected chi connectivity index (χ2v) is 4.93. The van der Waals surface area contributed by atoms with E-state index in [4.69, 9.17) is 17.3 Å². The quantitative estimate of drug-likeness (QED) is 0.852. The lowest BCUT2D eigenvalue weighted by Gasteiger charge is -2.08. The molecule has 0 aliphatic rings. The normalized spacial score (nSPS) is 10.4. The zero-order valence-corrected chi connectivity index (χ0v) is 11.8. The van der Waals surface area contributed by atoms with Crippen LogP contribution >= 0.6 is 11.6 Å². The average Bonchev–Trinajstić information content (AvgIpc) is 2.40. The number of nitrogens with two attached hydrogens (primary N) is 1. The molecule has 6 heteroatoms. The Bertz CT molecular complexity index is 656. The van der Waals surface area contributed by atoms with E-state index in [2.05, 4.69) is 5.32 Å². The Labute approximate surface area is 125 Å². The van der Waals surface area contributed by atoms with Crippen molar-refractivity contribution in [1.82, 2.24) is 5.32 Å². The van der Waals surface area contributed by atoms with Crippen LogP contribution in [0, 0.1) is 11.6 Å². The lowest BCUT2D eigenvalue weighted by molar-refractivity contribution is 0.0954. The Kier molecular flexibility index (Phi) is 4.75. The van der Waals surface area contributed by atoms with E-state index in [0.29, 0.717) is 22.7 Å². The molecular weight excluding hydrogens is 298 g/mol. The van der Waals surface area contributed by atoms with Crippen LogP contribution in [0.25, 0.3) is 0 Å². The maximum absolute atomic E-state index is 13.0. The summed E-state index contributed by atoms with van der Waals surface area (Å²) in [7, 11) is 0. The predicted octanol–water partition coefficient (Wildman–Crippen LogP) is 3.17. The molecule has 3 N–H and O–H groups in total. The van der Waals surface area contributed by atoms with E-state index < -0.39 is 11.6 Å². The van der Waals surface area contributed by atoms with Gasteiger partial charge in [-0.05, 0) is 42.3 Å². The van der Waals surface area contributed by atoms with Crippen molar-refractivity contribution in [2.45, 2.75) is 6.42 Å². The van der Waals surface area contributed by atoms with Gasteiger partial charge in [-0.1, -0.05) is 11.6 Å². The number of anilines is 1. The highest BCUT2D eigenvalue weighted by Crippen LogP contribution is 2.18. The minimum absolute atomic E-state index is 0.229. The van der Waals surface area contributed by atoms with Gasteiger partial charge in [0.2, 0.25) is 0 Å². The maximum atomic E-state index is 13.0. The molecular formula is C15H13ClF2N2O. The number of halogens is 3. The molecule has 0 unspecified atom stereocenters. The van der Waals surface area contributed by atoms with E-state index in [1.807, 2.05) is 0 Å². The van der Waals surface area contributed by atoms with Crippen LogP contribution in [0.15, 0.2) is 36.4 Å². The van der Waals surface area contributed by atoms with E-state index in [-0.39, 0.29) is 18.0 Å². The number of hydrogen-bond donors (Lipinski definition) is 2. The fourth-order valence-corrected chi connectivity index (χ4v) is 2.09. The molecule has 0 heterocycles. The van der Waals surface area contributed by atoms with E-state index in [1.165, 1.54) is 24.3 Å². The van der Waals surface area contributed by atoms with Gasteiger partial charge in [0.25, 0.3) is 5.91 Å². The molecule has 0 aliphatic heterocycles. The third-order valence-corrected chi connectivity index (χ3v) is 3.19. The Balaban J connectivity index is 1.96. The third kappa shape index (κ3) is 4.16. The summed E-state index contributed by atoms with van der Waals surface area (Å²) in [5.41, 5.74) is 6.75. The summed E-state index contributed by atoms with van der Waals surface area (Å²) in [5, 5.41) is 2.92. The lowest BCUT2D eigenvalue weighted by Crippen LogP contribution is -2.26. The Morgan fingerprint density at radius 1 is 1.14 bits per heavy atom. The van der Waals surface area contributed by atoms with Crippen molar-refractivity contribution in [2.24, 2.45) is 0 Å². The van der Waals surface area contributed by atoms with Gasteiger partial charge in [0, 0.05) is 18.3 Å². The fourth-order valence-electron chi connectivity index (χ4n) is 1.89.